The minimum absolute atomic E-state index is 0.294. The highest BCUT2D eigenvalue weighted by molar-refractivity contribution is 7.15. The molecule has 0 radical (unpaired) electrons. The van der Waals surface area contributed by atoms with Gasteiger partial charge in [0.15, 0.2) is 11.5 Å². The Labute approximate surface area is 111 Å². The molecule has 0 unspecified atom stereocenters. The number of rotatable bonds is 1. The second kappa shape index (κ2) is 3.89. The van der Waals surface area contributed by atoms with Gasteiger partial charge < -0.3 is 4.98 Å². The van der Waals surface area contributed by atoms with Crippen molar-refractivity contribution in [1.29, 1.82) is 0 Å². The molecule has 8 heteroatoms. The molecule has 0 aliphatic rings. The van der Waals surface area contributed by atoms with Gasteiger partial charge in [-0.05, 0) is 13.8 Å². The molecule has 2 N–H and O–H groups in total. The lowest BCUT2D eigenvalue weighted by molar-refractivity contribution is 0.832. The summed E-state index contributed by atoms with van der Waals surface area (Å²) < 4.78 is 1.31. The van der Waals surface area contributed by atoms with E-state index in [-0.39, 0.29) is 0 Å². The molecule has 3 aromatic rings. The molecule has 0 spiro atoms. The van der Waals surface area contributed by atoms with E-state index in [1.807, 2.05) is 13.8 Å². The molecule has 0 amide bonds. The molecule has 0 aromatic carbocycles. The average Bonchev–Trinajstić information content (AvgIpc) is 2.90. The van der Waals surface area contributed by atoms with Crippen LogP contribution in [-0.2, 0) is 7.05 Å². The van der Waals surface area contributed by atoms with Gasteiger partial charge in [0.1, 0.15) is 5.52 Å². The van der Waals surface area contributed by atoms with Crippen LogP contribution in [0.5, 0.6) is 0 Å². The fraction of sp³-hybridized carbons (Fsp3) is 0.273. The van der Waals surface area contributed by atoms with Crippen LogP contribution in [0.2, 0.25) is 0 Å². The first kappa shape index (κ1) is 11.8. The van der Waals surface area contributed by atoms with Crippen molar-refractivity contribution in [2.45, 2.75) is 13.8 Å². The standard InChI is InChI=1S/C11H11N5O2S/c1-4-7(19-5(2)12-4)8-13-6-9(14-8)16(3)11(18)15-10(6)17/h1-3H3,(H,13,14)(H,15,17,18). The minimum Gasteiger partial charge on any atom is -0.331 e. The van der Waals surface area contributed by atoms with Crippen molar-refractivity contribution in [3.8, 4) is 10.7 Å². The van der Waals surface area contributed by atoms with E-state index in [0.29, 0.717) is 17.0 Å². The van der Waals surface area contributed by atoms with E-state index in [1.165, 1.54) is 15.9 Å². The van der Waals surface area contributed by atoms with Crippen LogP contribution in [0, 0.1) is 13.8 Å². The molecule has 98 valence electrons. The SMILES string of the molecule is Cc1nc(C)c(-c2nc3c([nH]2)c(=O)[nH]c(=O)n3C)s1. The molecule has 0 aliphatic heterocycles. The zero-order valence-corrected chi connectivity index (χ0v) is 11.4. The molecule has 3 heterocycles. The number of aromatic amines is 2. The maximum absolute atomic E-state index is 11.7. The zero-order valence-electron chi connectivity index (χ0n) is 10.6. The van der Waals surface area contributed by atoms with E-state index in [1.54, 1.807) is 7.05 Å². The molecular formula is C11H11N5O2S. The van der Waals surface area contributed by atoms with Crippen molar-refractivity contribution in [3.05, 3.63) is 31.5 Å². The van der Waals surface area contributed by atoms with Crippen LogP contribution in [0.4, 0.5) is 0 Å². The molecule has 7 nitrogen and oxygen atoms in total. The van der Waals surface area contributed by atoms with Crippen molar-refractivity contribution < 1.29 is 0 Å². The number of nitrogens with one attached hydrogen (secondary N) is 2. The Kier molecular flexibility index (Phi) is 2.42. The first-order valence-electron chi connectivity index (χ1n) is 5.61. The van der Waals surface area contributed by atoms with E-state index < -0.39 is 11.2 Å². The lowest BCUT2D eigenvalue weighted by atomic mass is 10.4. The maximum atomic E-state index is 11.7. The van der Waals surface area contributed by atoms with Crippen LogP contribution < -0.4 is 11.2 Å². The lowest BCUT2D eigenvalue weighted by Crippen LogP contribution is -2.28. The number of H-pyrrole nitrogens is 2. The second-order valence-electron chi connectivity index (χ2n) is 4.25. The molecule has 3 aromatic heterocycles. The summed E-state index contributed by atoms with van der Waals surface area (Å²) in [6.07, 6.45) is 0. The highest BCUT2D eigenvalue weighted by atomic mass is 32.1. The summed E-state index contributed by atoms with van der Waals surface area (Å²) in [6, 6.07) is 0. The van der Waals surface area contributed by atoms with Gasteiger partial charge in [-0.25, -0.2) is 14.8 Å². The van der Waals surface area contributed by atoms with Crippen molar-refractivity contribution in [2.75, 3.05) is 0 Å². The minimum atomic E-state index is -0.479. The summed E-state index contributed by atoms with van der Waals surface area (Å²) >= 11 is 1.49. The first-order chi connectivity index (χ1) is 8.97. The summed E-state index contributed by atoms with van der Waals surface area (Å²) in [7, 11) is 1.57. The molecular weight excluding hydrogens is 266 g/mol. The molecule has 0 saturated carbocycles. The monoisotopic (exact) mass is 277 g/mol. The van der Waals surface area contributed by atoms with Crippen LogP contribution in [0.3, 0.4) is 0 Å². The Bertz CT molecular complexity index is 898. The Morgan fingerprint density at radius 1 is 1.16 bits per heavy atom. The third kappa shape index (κ3) is 1.72. The molecule has 0 atom stereocenters. The van der Waals surface area contributed by atoms with Crippen molar-refractivity contribution >= 4 is 22.5 Å². The van der Waals surface area contributed by atoms with Crippen LogP contribution in [-0.4, -0.2) is 24.5 Å². The number of thiazole rings is 1. The second-order valence-corrected chi connectivity index (χ2v) is 5.45. The molecule has 0 saturated heterocycles. The Balaban J connectivity index is 2.37. The van der Waals surface area contributed by atoms with Crippen LogP contribution in [0.25, 0.3) is 21.9 Å². The van der Waals surface area contributed by atoms with Crippen LogP contribution >= 0.6 is 11.3 Å². The number of aromatic nitrogens is 5. The Morgan fingerprint density at radius 2 is 1.89 bits per heavy atom. The van der Waals surface area contributed by atoms with E-state index in [0.717, 1.165) is 15.6 Å². The van der Waals surface area contributed by atoms with Crippen molar-refractivity contribution in [3.63, 3.8) is 0 Å². The highest BCUT2D eigenvalue weighted by Gasteiger charge is 2.15. The number of fused-ring (bicyclic) bond motifs is 1. The first-order valence-corrected chi connectivity index (χ1v) is 6.42. The predicted octanol–water partition coefficient (Wildman–Crippen LogP) is 0.690. The van der Waals surface area contributed by atoms with E-state index >= 15 is 0 Å². The number of nitrogens with zero attached hydrogens (tertiary/aromatic N) is 3. The summed E-state index contributed by atoms with van der Waals surface area (Å²) in [4.78, 5) is 38.0. The van der Waals surface area contributed by atoms with E-state index in [4.69, 9.17) is 0 Å². The van der Waals surface area contributed by atoms with Gasteiger partial charge in [-0.2, -0.15) is 0 Å². The summed E-state index contributed by atoms with van der Waals surface area (Å²) in [5.41, 5.74) is 0.545. The van der Waals surface area contributed by atoms with Crippen LogP contribution in [0.15, 0.2) is 9.59 Å². The quantitative estimate of drug-likeness (QED) is 0.684. The molecule has 3 rings (SSSR count). The van der Waals surface area contributed by atoms with Crippen molar-refractivity contribution in [2.24, 2.45) is 7.05 Å². The lowest BCUT2D eigenvalue weighted by Gasteiger charge is -1.94. The molecule has 19 heavy (non-hydrogen) atoms. The summed E-state index contributed by atoms with van der Waals surface area (Å²) in [5.74, 6) is 0.560. The van der Waals surface area contributed by atoms with Crippen LogP contribution in [0.1, 0.15) is 10.7 Å². The van der Waals surface area contributed by atoms with Gasteiger partial charge in [0.25, 0.3) is 5.56 Å². The molecule has 0 bridgehead atoms. The van der Waals surface area contributed by atoms with E-state index in [2.05, 4.69) is 19.9 Å². The normalized spacial score (nSPS) is 11.3. The van der Waals surface area contributed by atoms with Gasteiger partial charge in [-0.1, -0.05) is 0 Å². The summed E-state index contributed by atoms with van der Waals surface area (Å²) in [6.45, 7) is 3.79. The fourth-order valence-electron chi connectivity index (χ4n) is 1.96. The number of hydrogen-bond acceptors (Lipinski definition) is 5. The number of hydrogen-bond donors (Lipinski definition) is 2. The summed E-state index contributed by atoms with van der Waals surface area (Å²) in [5, 5.41) is 0.927. The van der Waals surface area contributed by atoms with Gasteiger partial charge in [0.2, 0.25) is 0 Å². The Morgan fingerprint density at radius 3 is 2.53 bits per heavy atom. The van der Waals surface area contributed by atoms with Gasteiger partial charge in [0.05, 0.1) is 15.6 Å². The fourth-order valence-corrected chi connectivity index (χ4v) is 2.83. The van der Waals surface area contributed by atoms with Gasteiger partial charge >= 0.3 is 5.69 Å². The number of aryl methyl sites for hydroxylation is 3. The third-order valence-electron chi connectivity index (χ3n) is 2.87. The van der Waals surface area contributed by atoms with Gasteiger partial charge in [-0.15, -0.1) is 11.3 Å². The highest BCUT2D eigenvalue weighted by Crippen LogP contribution is 2.27. The zero-order chi connectivity index (χ0) is 13.7. The van der Waals surface area contributed by atoms with E-state index in [9.17, 15) is 9.59 Å². The smallest absolute Gasteiger partial charge is 0.329 e. The third-order valence-corrected chi connectivity index (χ3v) is 3.95. The average molecular weight is 277 g/mol. The maximum Gasteiger partial charge on any atom is 0.329 e. The molecule has 0 fully saturated rings. The molecule has 0 aliphatic carbocycles. The van der Waals surface area contributed by atoms with Gasteiger partial charge in [-0.3, -0.25) is 14.3 Å². The van der Waals surface area contributed by atoms with Gasteiger partial charge in [0, 0.05) is 7.05 Å². The largest absolute Gasteiger partial charge is 0.331 e. The van der Waals surface area contributed by atoms with Crippen molar-refractivity contribution in [1.82, 2.24) is 24.5 Å². The topological polar surface area (TPSA) is 96.4 Å². The predicted molar refractivity (Wildman–Crippen MR) is 72.5 cm³/mol. The number of imidazole rings is 1. The Hall–Kier alpha value is -2.22.